The molecular formula is C17H20N6O2S. The van der Waals surface area contributed by atoms with Crippen LogP contribution < -0.4 is 10.6 Å². The smallest absolute Gasteiger partial charge is 0.321 e. The number of nitrogens with zero attached hydrogens (tertiary/aromatic N) is 3. The highest BCUT2D eigenvalue weighted by Gasteiger charge is 2.23. The molecule has 9 heteroatoms. The van der Waals surface area contributed by atoms with E-state index < -0.39 is 11.3 Å². The van der Waals surface area contributed by atoms with E-state index in [4.69, 9.17) is 0 Å². The molecule has 8 nitrogen and oxygen atoms in total. The van der Waals surface area contributed by atoms with E-state index >= 15 is 0 Å². The van der Waals surface area contributed by atoms with Gasteiger partial charge in [0, 0.05) is 6.04 Å². The number of benzene rings is 1. The number of carbonyl (C=O) groups is 2. The van der Waals surface area contributed by atoms with Crippen molar-refractivity contribution in [1.29, 1.82) is 0 Å². The summed E-state index contributed by atoms with van der Waals surface area (Å²) in [6, 6.07) is 7.49. The van der Waals surface area contributed by atoms with Gasteiger partial charge in [0.15, 0.2) is 5.16 Å². The van der Waals surface area contributed by atoms with E-state index in [9.17, 15) is 9.59 Å². The third-order valence-corrected chi connectivity index (χ3v) is 5.63. The van der Waals surface area contributed by atoms with E-state index in [0.717, 1.165) is 36.7 Å². The van der Waals surface area contributed by atoms with Crippen molar-refractivity contribution < 1.29 is 9.59 Å². The van der Waals surface area contributed by atoms with Crippen LogP contribution in [0.4, 0.5) is 4.79 Å². The Bertz CT molecular complexity index is 959. The third-order valence-electron chi connectivity index (χ3n) is 4.58. The molecule has 1 aliphatic carbocycles. The van der Waals surface area contributed by atoms with Crippen LogP contribution in [0.25, 0.3) is 16.8 Å². The lowest BCUT2D eigenvalue weighted by Gasteiger charge is -2.14. The number of hydrogen-bond donors (Lipinski definition) is 3. The lowest BCUT2D eigenvalue weighted by molar-refractivity contribution is -0.119. The number of hydrogen-bond acceptors (Lipinski definition) is 5. The van der Waals surface area contributed by atoms with E-state index in [0.29, 0.717) is 10.9 Å². The second-order valence-electron chi connectivity index (χ2n) is 6.47. The first-order chi connectivity index (χ1) is 12.6. The number of thioether (sulfide) groups is 1. The standard InChI is InChI=1S/C17H20N6O2S/c1-10(14(24)20-16(25)18-11-6-2-3-7-11)26-17-22-21-15-19-12-8-4-5-9-13(12)23(15)17/h4-5,8-11H,2-3,6-7H2,1H3,(H,19,21)(H2,18,20,24,25). The van der Waals surface area contributed by atoms with E-state index in [1.54, 1.807) is 6.92 Å². The Morgan fingerprint density at radius 1 is 1.31 bits per heavy atom. The maximum atomic E-state index is 12.3. The van der Waals surface area contributed by atoms with Gasteiger partial charge in [-0.05, 0) is 31.9 Å². The highest BCUT2D eigenvalue weighted by Crippen LogP contribution is 2.26. The maximum Gasteiger partial charge on any atom is 0.321 e. The molecule has 1 unspecified atom stereocenters. The van der Waals surface area contributed by atoms with Crippen molar-refractivity contribution in [2.45, 2.75) is 49.1 Å². The summed E-state index contributed by atoms with van der Waals surface area (Å²) in [6.45, 7) is 1.75. The number of urea groups is 1. The van der Waals surface area contributed by atoms with Crippen LogP contribution in [0.15, 0.2) is 29.4 Å². The van der Waals surface area contributed by atoms with Crippen molar-refractivity contribution >= 4 is 40.5 Å². The molecule has 1 aliphatic rings. The number of nitrogens with one attached hydrogen (secondary N) is 3. The van der Waals surface area contributed by atoms with Crippen LogP contribution in [0.2, 0.25) is 0 Å². The SMILES string of the molecule is CC(Sc1n[nH]c2nc3ccccc3n12)C(=O)NC(=O)NC1CCCC1. The maximum absolute atomic E-state index is 12.3. The monoisotopic (exact) mass is 372 g/mol. The topological polar surface area (TPSA) is 104 Å². The van der Waals surface area contributed by atoms with Gasteiger partial charge < -0.3 is 5.32 Å². The van der Waals surface area contributed by atoms with Gasteiger partial charge in [-0.1, -0.05) is 36.7 Å². The van der Waals surface area contributed by atoms with Gasteiger partial charge in [0.1, 0.15) is 0 Å². The number of imidazole rings is 1. The van der Waals surface area contributed by atoms with Crippen LogP contribution in [0, 0.1) is 0 Å². The molecule has 2 aromatic heterocycles. The van der Waals surface area contributed by atoms with E-state index in [1.807, 2.05) is 28.7 Å². The Labute approximate surface area is 154 Å². The van der Waals surface area contributed by atoms with Gasteiger partial charge in [-0.25, -0.2) is 14.9 Å². The molecule has 1 atom stereocenters. The lowest BCUT2D eigenvalue weighted by Crippen LogP contribution is -2.45. The Kier molecular flexibility index (Phi) is 4.54. The summed E-state index contributed by atoms with van der Waals surface area (Å²) in [5.74, 6) is 0.284. The normalized spacial score (nSPS) is 16.2. The van der Waals surface area contributed by atoms with Gasteiger partial charge in [-0.2, -0.15) is 0 Å². The minimum absolute atomic E-state index is 0.175. The molecule has 3 N–H and O–H groups in total. The first-order valence-electron chi connectivity index (χ1n) is 8.71. The van der Waals surface area contributed by atoms with Gasteiger partial charge >= 0.3 is 6.03 Å². The summed E-state index contributed by atoms with van der Waals surface area (Å²) in [6.07, 6.45) is 4.20. The fourth-order valence-corrected chi connectivity index (χ4v) is 4.11. The summed E-state index contributed by atoms with van der Waals surface area (Å²) in [7, 11) is 0. The molecule has 1 fully saturated rings. The predicted molar refractivity (Wildman–Crippen MR) is 99.1 cm³/mol. The predicted octanol–water partition coefficient (Wildman–Crippen LogP) is 2.46. The van der Waals surface area contributed by atoms with Crippen molar-refractivity contribution in [3.8, 4) is 0 Å². The minimum atomic E-state index is -0.475. The number of aromatic amines is 1. The summed E-state index contributed by atoms with van der Waals surface area (Å²) in [5.41, 5.74) is 1.78. The average molecular weight is 372 g/mol. The number of aromatic nitrogens is 4. The molecule has 0 radical (unpaired) electrons. The third kappa shape index (κ3) is 3.26. The molecule has 0 aliphatic heterocycles. The fraction of sp³-hybridized carbons (Fsp3) is 0.412. The molecule has 26 heavy (non-hydrogen) atoms. The van der Waals surface area contributed by atoms with Crippen molar-refractivity contribution in [3.05, 3.63) is 24.3 Å². The zero-order valence-electron chi connectivity index (χ0n) is 14.4. The molecule has 0 bridgehead atoms. The van der Waals surface area contributed by atoms with Crippen LogP contribution >= 0.6 is 11.8 Å². The summed E-state index contributed by atoms with van der Waals surface area (Å²) < 4.78 is 1.88. The highest BCUT2D eigenvalue weighted by atomic mass is 32.2. The molecule has 4 rings (SSSR count). The first-order valence-corrected chi connectivity index (χ1v) is 9.59. The van der Waals surface area contributed by atoms with Gasteiger partial charge in [0.25, 0.3) is 0 Å². The van der Waals surface area contributed by atoms with Crippen LogP contribution in [0.5, 0.6) is 0 Å². The molecule has 1 aromatic carbocycles. The highest BCUT2D eigenvalue weighted by molar-refractivity contribution is 8.00. The molecule has 3 aromatic rings. The summed E-state index contributed by atoms with van der Waals surface area (Å²) in [4.78, 5) is 28.8. The average Bonchev–Trinajstić information content (AvgIpc) is 3.32. The number of amides is 3. The van der Waals surface area contributed by atoms with Crippen molar-refractivity contribution in [1.82, 2.24) is 30.2 Å². The molecule has 1 saturated carbocycles. The molecule has 0 spiro atoms. The summed E-state index contributed by atoms with van der Waals surface area (Å²) in [5, 5.41) is 12.6. The Morgan fingerprint density at radius 2 is 2.08 bits per heavy atom. The quantitative estimate of drug-likeness (QED) is 0.610. The molecular weight excluding hydrogens is 352 g/mol. The number of rotatable bonds is 4. The van der Waals surface area contributed by atoms with Crippen LogP contribution in [-0.2, 0) is 4.79 Å². The number of carbonyl (C=O) groups excluding carboxylic acids is 2. The van der Waals surface area contributed by atoms with Crippen molar-refractivity contribution in [2.24, 2.45) is 0 Å². The van der Waals surface area contributed by atoms with Crippen molar-refractivity contribution in [2.75, 3.05) is 0 Å². The molecule has 2 heterocycles. The largest absolute Gasteiger partial charge is 0.335 e. The van der Waals surface area contributed by atoms with Crippen molar-refractivity contribution in [3.63, 3.8) is 0 Å². The Balaban J connectivity index is 1.44. The van der Waals surface area contributed by atoms with E-state index in [1.165, 1.54) is 11.8 Å². The number of fused-ring (bicyclic) bond motifs is 3. The van der Waals surface area contributed by atoms with Gasteiger partial charge in [-0.15, -0.1) is 5.10 Å². The second-order valence-corrected chi connectivity index (χ2v) is 7.78. The number of H-pyrrole nitrogens is 1. The van der Waals surface area contributed by atoms with Crippen LogP contribution in [-0.4, -0.2) is 42.8 Å². The second kappa shape index (κ2) is 6.99. The van der Waals surface area contributed by atoms with Crippen LogP contribution in [0.1, 0.15) is 32.6 Å². The van der Waals surface area contributed by atoms with Gasteiger partial charge in [0.2, 0.25) is 11.7 Å². The zero-order chi connectivity index (χ0) is 18.1. The first kappa shape index (κ1) is 16.9. The fourth-order valence-electron chi connectivity index (χ4n) is 3.24. The van der Waals surface area contributed by atoms with Gasteiger partial charge in [-0.3, -0.25) is 14.5 Å². The molecule has 136 valence electrons. The zero-order valence-corrected chi connectivity index (χ0v) is 15.2. The number of para-hydroxylation sites is 2. The minimum Gasteiger partial charge on any atom is -0.335 e. The Hall–Kier alpha value is -2.55. The molecule has 3 amide bonds. The summed E-state index contributed by atoms with van der Waals surface area (Å²) >= 11 is 1.28. The van der Waals surface area contributed by atoms with E-state index in [-0.39, 0.29) is 11.9 Å². The van der Waals surface area contributed by atoms with Crippen LogP contribution in [0.3, 0.4) is 0 Å². The van der Waals surface area contributed by atoms with Gasteiger partial charge in [0.05, 0.1) is 16.3 Å². The number of imide groups is 1. The van der Waals surface area contributed by atoms with E-state index in [2.05, 4.69) is 25.8 Å². The Morgan fingerprint density at radius 3 is 2.88 bits per heavy atom. The molecule has 0 saturated heterocycles. The lowest BCUT2D eigenvalue weighted by atomic mass is 10.2.